The summed E-state index contributed by atoms with van der Waals surface area (Å²) in [6, 6.07) is 7.85. The third kappa shape index (κ3) is 4.12. The highest BCUT2D eigenvalue weighted by Crippen LogP contribution is 2.45. The maximum Gasteiger partial charge on any atom is 0.220 e. The van der Waals surface area contributed by atoms with E-state index < -0.39 is 0 Å². The predicted molar refractivity (Wildman–Crippen MR) is 88.0 cm³/mol. The molecule has 1 aromatic carbocycles. The quantitative estimate of drug-likeness (QED) is 0.890. The topological polar surface area (TPSA) is 41.1 Å². The number of carbonyl (C=O) groups is 1. The molecule has 0 aromatic heterocycles. The van der Waals surface area contributed by atoms with E-state index in [2.05, 4.69) is 10.6 Å². The van der Waals surface area contributed by atoms with E-state index in [1.165, 1.54) is 5.56 Å². The fourth-order valence-electron chi connectivity index (χ4n) is 3.05. The molecule has 3 rings (SSSR count). The smallest absolute Gasteiger partial charge is 0.220 e. The maximum atomic E-state index is 12.2. The molecule has 2 N–H and O–H groups in total. The van der Waals surface area contributed by atoms with Gasteiger partial charge in [0.05, 0.1) is 5.54 Å². The molecule has 2 fully saturated rings. The lowest BCUT2D eigenvalue weighted by atomic mass is 9.94. The van der Waals surface area contributed by atoms with Crippen molar-refractivity contribution in [3.8, 4) is 0 Å². The minimum atomic E-state index is -0.116. The summed E-state index contributed by atoms with van der Waals surface area (Å²) in [7, 11) is 0. The normalized spacial score (nSPS) is 20.4. The fourth-order valence-corrected chi connectivity index (χ4v) is 3.17. The van der Waals surface area contributed by atoms with Crippen LogP contribution < -0.4 is 10.6 Å². The molecule has 1 amide bonds. The van der Waals surface area contributed by atoms with E-state index in [1.807, 2.05) is 24.3 Å². The summed E-state index contributed by atoms with van der Waals surface area (Å²) in [6.07, 6.45) is 4.96. The number of piperidine rings is 1. The summed E-state index contributed by atoms with van der Waals surface area (Å²) < 4.78 is 0. The minimum Gasteiger partial charge on any atom is -0.347 e. The van der Waals surface area contributed by atoms with Crippen LogP contribution in [0.15, 0.2) is 24.3 Å². The first-order valence-electron chi connectivity index (χ1n) is 7.46. The van der Waals surface area contributed by atoms with Crippen molar-refractivity contribution in [1.29, 1.82) is 0 Å². The molecular formula is C16H22Cl2N2O. The lowest BCUT2D eigenvalue weighted by molar-refractivity contribution is -0.123. The van der Waals surface area contributed by atoms with Crippen molar-refractivity contribution in [3.05, 3.63) is 34.9 Å². The highest BCUT2D eigenvalue weighted by Gasteiger charge is 2.45. The Kier molecular flexibility index (Phi) is 5.53. The number of carbonyl (C=O) groups excluding carboxylic acids is 1. The van der Waals surface area contributed by atoms with E-state index in [1.54, 1.807) is 0 Å². The number of nitrogens with one attached hydrogen (secondary N) is 2. The Labute approximate surface area is 137 Å². The average molecular weight is 329 g/mol. The van der Waals surface area contributed by atoms with Gasteiger partial charge in [0.1, 0.15) is 0 Å². The summed E-state index contributed by atoms with van der Waals surface area (Å²) in [4.78, 5) is 12.2. The zero-order chi connectivity index (χ0) is 14.0. The number of benzene rings is 1. The molecule has 1 saturated carbocycles. The molecular weight excluding hydrogens is 307 g/mol. The summed E-state index contributed by atoms with van der Waals surface area (Å²) in [5, 5.41) is 7.32. The summed E-state index contributed by atoms with van der Waals surface area (Å²) in [5.41, 5.74) is 1.06. The van der Waals surface area contributed by atoms with Crippen molar-refractivity contribution in [3.63, 3.8) is 0 Å². The van der Waals surface area contributed by atoms with Gasteiger partial charge in [-0.05, 0) is 62.4 Å². The zero-order valence-electron chi connectivity index (χ0n) is 12.0. The van der Waals surface area contributed by atoms with Crippen LogP contribution in [0.5, 0.6) is 0 Å². The molecule has 3 nitrogen and oxygen atoms in total. The molecule has 0 atom stereocenters. The lowest BCUT2D eigenvalue weighted by Crippen LogP contribution is -2.37. The second kappa shape index (κ2) is 6.99. The van der Waals surface area contributed by atoms with Gasteiger partial charge < -0.3 is 10.6 Å². The fraction of sp³-hybridized carbons (Fsp3) is 0.562. The average Bonchev–Trinajstić information content (AvgIpc) is 3.21. The zero-order valence-corrected chi connectivity index (χ0v) is 13.6. The van der Waals surface area contributed by atoms with E-state index in [0.717, 1.165) is 43.8 Å². The van der Waals surface area contributed by atoms with E-state index in [4.69, 9.17) is 11.6 Å². The van der Waals surface area contributed by atoms with E-state index >= 15 is 0 Å². The number of hydrogen-bond acceptors (Lipinski definition) is 2. The molecule has 1 aliphatic heterocycles. The first kappa shape index (κ1) is 16.6. The molecule has 2 aliphatic rings. The van der Waals surface area contributed by atoms with Crippen molar-refractivity contribution in [2.24, 2.45) is 5.92 Å². The largest absolute Gasteiger partial charge is 0.347 e. The Bertz CT molecular complexity index is 480. The number of hydrogen-bond donors (Lipinski definition) is 2. The summed E-state index contributed by atoms with van der Waals surface area (Å²) in [5.74, 6) is 0.738. The van der Waals surface area contributed by atoms with Crippen LogP contribution in [0.25, 0.3) is 0 Å². The van der Waals surface area contributed by atoms with E-state index in [0.29, 0.717) is 12.3 Å². The molecule has 5 heteroatoms. The Hall–Kier alpha value is -0.770. The number of halogens is 2. The molecule has 0 spiro atoms. The predicted octanol–water partition coefficient (Wildman–Crippen LogP) is 3.26. The van der Waals surface area contributed by atoms with Crippen molar-refractivity contribution >= 4 is 29.9 Å². The van der Waals surface area contributed by atoms with Gasteiger partial charge in [0.15, 0.2) is 0 Å². The van der Waals surface area contributed by atoms with Gasteiger partial charge in [0.2, 0.25) is 5.91 Å². The van der Waals surface area contributed by atoms with Crippen LogP contribution in [-0.4, -0.2) is 19.0 Å². The molecule has 1 aromatic rings. The number of rotatable bonds is 4. The van der Waals surface area contributed by atoms with Gasteiger partial charge in [-0.1, -0.05) is 23.7 Å². The molecule has 0 radical (unpaired) electrons. The van der Waals surface area contributed by atoms with Gasteiger partial charge in [-0.15, -0.1) is 12.4 Å². The summed E-state index contributed by atoms with van der Waals surface area (Å²) in [6.45, 7) is 2.08. The molecule has 0 unspecified atom stereocenters. The van der Waals surface area contributed by atoms with Crippen LogP contribution in [-0.2, 0) is 10.3 Å². The first-order chi connectivity index (χ1) is 9.68. The van der Waals surface area contributed by atoms with Gasteiger partial charge in [0, 0.05) is 11.4 Å². The van der Waals surface area contributed by atoms with Crippen molar-refractivity contribution in [2.75, 3.05) is 13.1 Å². The number of amides is 1. The van der Waals surface area contributed by atoms with Crippen LogP contribution in [0, 0.1) is 5.92 Å². The van der Waals surface area contributed by atoms with Crippen molar-refractivity contribution in [1.82, 2.24) is 10.6 Å². The molecule has 1 heterocycles. The van der Waals surface area contributed by atoms with Crippen LogP contribution in [0.1, 0.15) is 37.7 Å². The highest BCUT2D eigenvalue weighted by molar-refractivity contribution is 6.30. The van der Waals surface area contributed by atoms with Crippen LogP contribution in [0.4, 0.5) is 0 Å². The van der Waals surface area contributed by atoms with Gasteiger partial charge in [-0.3, -0.25) is 4.79 Å². The van der Waals surface area contributed by atoms with E-state index in [9.17, 15) is 4.79 Å². The maximum absolute atomic E-state index is 12.2. The molecule has 1 saturated heterocycles. The highest BCUT2D eigenvalue weighted by atomic mass is 35.5. The third-order valence-corrected chi connectivity index (χ3v) is 4.71. The van der Waals surface area contributed by atoms with Gasteiger partial charge in [0.25, 0.3) is 0 Å². The monoisotopic (exact) mass is 328 g/mol. The van der Waals surface area contributed by atoms with Crippen LogP contribution in [0.3, 0.4) is 0 Å². The van der Waals surface area contributed by atoms with Crippen molar-refractivity contribution < 1.29 is 4.79 Å². The third-order valence-electron chi connectivity index (χ3n) is 4.46. The molecule has 116 valence electrons. The summed E-state index contributed by atoms with van der Waals surface area (Å²) >= 11 is 5.92. The SMILES string of the molecule is Cl.O=C(CC1CCNCC1)NC1(c2ccc(Cl)cc2)CC1. The molecule has 0 bridgehead atoms. The molecule has 21 heavy (non-hydrogen) atoms. The Morgan fingerprint density at radius 1 is 1.24 bits per heavy atom. The van der Waals surface area contributed by atoms with Gasteiger partial charge in [-0.25, -0.2) is 0 Å². The minimum absolute atomic E-state index is 0. The lowest BCUT2D eigenvalue weighted by Gasteiger charge is -2.24. The van der Waals surface area contributed by atoms with Gasteiger partial charge in [-0.2, -0.15) is 0 Å². The standard InChI is InChI=1S/C16H21ClN2O.ClH/c17-14-3-1-13(2-4-14)16(7-8-16)19-15(20)11-12-5-9-18-10-6-12;/h1-4,12,18H,5-11H2,(H,19,20);1H. The van der Waals surface area contributed by atoms with Crippen LogP contribution >= 0.6 is 24.0 Å². The second-order valence-electron chi connectivity index (χ2n) is 6.03. The second-order valence-corrected chi connectivity index (χ2v) is 6.47. The Morgan fingerprint density at radius 3 is 2.43 bits per heavy atom. The van der Waals surface area contributed by atoms with Crippen molar-refractivity contribution in [2.45, 2.75) is 37.6 Å². The van der Waals surface area contributed by atoms with Crippen LogP contribution in [0.2, 0.25) is 5.02 Å². The Balaban J connectivity index is 0.00000161. The van der Waals surface area contributed by atoms with E-state index in [-0.39, 0.29) is 23.9 Å². The first-order valence-corrected chi connectivity index (χ1v) is 7.83. The van der Waals surface area contributed by atoms with Gasteiger partial charge >= 0.3 is 0 Å². The Morgan fingerprint density at radius 2 is 1.86 bits per heavy atom. The molecule has 1 aliphatic carbocycles.